The van der Waals surface area contributed by atoms with Crippen LogP contribution < -0.4 is 9.80 Å². The third-order valence-corrected chi connectivity index (χ3v) is 5.85. The third kappa shape index (κ3) is 4.04. The predicted octanol–water partition coefficient (Wildman–Crippen LogP) is 1.84. The molecule has 2 amide bonds. The average molecular weight is 438 g/mol. The summed E-state index contributed by atoms with van der Waals surface area (Å²) in [5, 5.41) is 10.8. The van der Waals surface area contributed by atoms with Gasteiger partial charge in [0.25, 0.3) is 11.6 Å². The first kappa shape index (κ1) is 21.4. The number of carbonyl (C=O) groups is 3. The molecule has 0 bridgehead atoms. The second-order valence-corrected chi connectivity index (χ2v) is 7.62. The molecule has 32 heavy (non-hydrogen) atoms. The van der Waals surface area contributed by atoms with Crippen molar-refractivity contribution in [3.05, 3.63) is 64.2 Å². The van der Waals surface area contributed by atoms with E-state index in [9.17, 15) is 24.5 Å². The van der Waals surface area contributed by atoms with Gasteiger partial charge < -0.3 is 9.64 Å². The van der Waals surface area contributed by atoms with Gasteiger partial charge in [-0.25, -0.2) is 9.69 Å². The zero-order valence-corrected chi connectivity index (χ0v) is 17.5. The molecule has 1 unspecified atom stereocenters. The number of benzene rings is 2. The van der Waals surface area contributed by atoms with Gasteiger partial charge in [0.1, 0.15) is 0 Å². The summed E-state index contributed by atoms with van der Waals surface area (Å²) in [6.45, 7) is 2.47. The highest BCUT2D eigenvalue weighted by Crippen LogP contribution is 2.28. The highest BCUT2D eigenvalue weighted by atomic mass is 16.6. The molecule has 0 radical (unpaired) electrons. The number of esters is 1. The van der Waals surface area contributed by atoms with Gasteiger partial charge in [-0.15, -0.1) is 0 Å². The van der Waals surface area contributed by atoms with Crippen molar-refractivity contribution in [1.29, 1.82) is 0 Å². The van der Waals surface area contributed by atoms with Gasteiger partial charge in [0.15, 0.2) is 0 Å². The Morgan fingerprint density at radius 2 is 1.56 bits per heavy atom. The number of nitro benzene ring substituents is 1. The minimum absolute atomic E-state index is 0.0437. The van der Waals surface area contributed by atoms with Crippen LogP contribution in [0.3, 0.4) is 0 Å². The van der Waals surface area contributed by atoms with Gasteiger partial charge in [-0.2, -0.15) is 0 Å². The van der Waals surface area contributed by atoms with Gasteiger partial charge in [-0.3, -0.25) is 24.6 Å². The summed E-state index contributed by atoms with van der Waals surface area (Å²) in [5.74, 6) is -1.03. The number of ether oxygens (including phenoxy) is 1. The monoisotopic (exact) mass is 438 g/mol. The van der Waals surface area contributed by atoms with Crippen LogP contribution in [0.5, 0.6) is 0 Å². The van der Waals surface area contributed by atoms with Crippen LogP contribution >= 0.6 is 0 Å². The molecule has 0 saturated carbocycles. The molecule has 0 spiro atoms. The third-order valence-electron chi connectivity index (χ3n) is 5.85. The molecule has 166 valence electrons. The van der Waals surface area contributed by atoms with Crippen LogP contribution in [0.25, 0.3) is 0 Å². The molecule has 0 aromatic heterocycles. The number of nitrogens with zero attached hydrogens (tertiary/aromatic N) is 4. The SMILES string of the molecule is COC(=O)c1ccc(N2C(=O)CC(N3CCN(c4ccc([N+](=O)[O-])cc4)CC3)C2=O)cc1. The number of hydrogen-bond acceptors (Lipinski definition) is 8. The fourth-order valence-electron chi connectivity index (χ4n) is 4.11. The first-order chi connectivity index (χ1) is 15.4. The summed E-state index contributed by atoms with van der Waals surface area (Å²) in [4.78, 5) is 52.9. The number of non-ortho nitro benzene ring substituents is 1. The Hall–Kier alpha value is -3.79. The van der Waals surface area contributed by atoms with Crippen molar-refractivity contribution >= 4 is 34.8 Å². The molecule has 2 aliphatic rings. The Kier molecular flexibility index (Phi) is 5.87. The maximum Gasteiger partial charge on any atom is 0.337 e. The number of piperazine rings is 1. The summed E-state index contributed by atoms with van der Waals surface area (Å²) >= 11 is 0. The lowest BCUT2D eigenvalue weighted by Crippen LogP contribution is -2.52. The van der Waals surface area contributed by atoms with E-state index in [1.54, 1.807) is 24.3 Å². The van der Waals surface area contributed by atoms with E-state index >= 15 is 0 Å². The lowest BCUT2D eigenvalue weighted by atomic mass is 10.1. The second-order valence-electron chi connectivity index (χ2n) is 7.62. The largest absolute Gasteiger partial charge is 0.465 e. The molecule has 1 atom stereocenters. The average Bonchev–Trinajstić information content (AvgIpc) is 3.12. The smallest absolute Gasteiger partial charge is 0.337 e. The predicted molar refractivity (Wildman–Crippen MR) is 116 cm³/mol. The van der Waals surface area contributed by atoms with E-state index in [-0.39, 0.29) is 23.9 Å². The zero-order valence-electron chi connectivity index (χ0n) is 17.5. The Morgan fingerprint density at radius 1 is 0.969 bits per heavy atom. The molecule has 2 aromatic carbocycles. The highest BCUT2D eigenvalue weighted by molar-refractivity contribution is 6.22. The van der Waals surface area contributed by atoms with Crippen molar-refractivity contribution in [2.45, 2.75) is 12.5 Å². The van der Waals surface area contributed by atoms with E-state index in [1.807, 2.05) is 4.90 Å². The minimum Gasteiger partial charge on any atom is -0.465 e. The summed E-state index contributed by atoms with van der Waals surface area (Å²) in [7, 11) is 1.29. The molecule has 10 heteroatoms. The van der Waals surface area contributed by atoms with E-state index in [4.69, 9.17) is 0 Å². The summed E-state index contributed by atoms with van der Waals surface area (Å²) < 4.78 is 4.67. The first-order valence-corrected chi connectivity index (χ1v) is 10.2. The molecule has 2 fully saturated rings. The number of hydrogen-bond donors (Lipinski definition) is 0. The molecule has 2 saturated heterocycles. The van der Waals surface area contributed by atoms with Crippen molar-refractivity contribution in [2.24, 2.45) is 0 Å². The molecule has 0 aliphatic carbocycles. The minimum atomic E-state index is -0.526. The van der Waals surface area contributed by atoms with Gasteiger partial charge in [0.05, 0.1) is 35.7 Å². The van der Waals surface area contributed by atoms with Crippen LogP contribution in [0.1, 0.15) is 16.8 Å². The molecular weight excluding hydrogens is 416 g/mol. The lowest BCUT2D eigenvalue weighted by molar-refractivity contribution is -0.384. The Morgan fingerprint density at radius 3 is 2.12 bits per heavy atom. The maximum absolute atomic E-state index is 13.0. The maximum atomic E-state index is 13.0. The Labute approximate surface area is 184 Å². The quantitative estimate of drug-likeness (QED) is 0.301. The molecule has 2 heterocycles. The fourth-order valence-corrected chi connectivity index (χ4v) is 4.11. The van der Waals surface area contributed by atoms with E-state index < -0.39 is 16.9 Å². The van der Waals surface area contributed by atoms with E-state index in [0.29, 0.717) is 37.4 Å². The summed E-state index contributed by atoms with van der Waals surface area (Å²) in [6, 6.07) is 12.1. The number of imide groups is 1. The Bertz CT molecular complexity index is 1050. The van der Waals surface area contributed by atoms with Crippen molar-refractivity contribution in [3.8, 4) is 0 Å². The van der Waals surface area contributed by atoms with Crippen LogP contribution in [0.4, 0.5) is 17.1 Å². The molecule has 2 aliphatic heterocycles. The van der Waals surface area contributed by atoms with Gasteiger partial charge in [-0.05, 0) is 36.4 Å². The molecule has 2 aromatic rings. The van der Waals surface area contributed by atoms with Crippen molar-refractivity contribution in [2.75, 3.05) is 43.1 Å². The van der Waals surface area contributed by atoms with E-state index in [0.717, 1.165) is 5.69 Å². The van der Waals surface area contributed by atoms with Crippen molar-refractivity contribution < 1.29 is 24.0 Å². The van der Waals surface area contributed by atoms with Gasteiger partial charge in [-0.1, -0.05) is 0 Å². The number of methoxy groups -OCH3 is 1. The van der Waals surface area contributed by atoms with Crippen LogP contribution in [0.2, 0.25) is 0 Å². The van der Waals surface area contributed by atoms with Crippen molar-refractivity contribution in [1.82, 2.24) is 4.90 Å². The highest BCUT2D eigenvalue weighted by Gasteiger charge is 2.43. The standard InChI is InChI=1S/C22H22N4O6/c1-32-22(29)15-2-4-17(5-3-15)25-20(27)14-19(21(25)28)24-12-10-23(11-13-24)16-6-8-18(9-7-16)26(30)31/h2-9,19H,10-14H2,1H3. The molecule has 10 nitrogen and oxygen atoms in total. The second kappa shape index (κ2) is 8.75. The number of nitro groups is 1. The molecular formula is C22H22N4O6. The van der Waals surface area contributed by atoms with Crippen LogP contribution in [-0.4, -0.2) is 66.9 Å². The zero-order chi connectivity index (χ0) is 22.8. The van der Waals surface area contributed by atoms with Crippen molar-refractivity contribution in [3.63, 3.8) is 0 Å². The number of carbonyl (C=O) groups excluding carboxylic acids is 3. The number of amides is 2. The van der Waals surface area contributed by atoms with Crippen LogP contribution in [-0.2, 0) is 14.3 Å². The van der Waals surface area contributed by atoms with Crippen LogP contribution in [0, 0.1) is 10.1 Å². The van der Waals surface area contributed by atoms with Gasteiger partial charge >= 0.3 is 5.97 Å². The lowest BCUT2D eigenvalue weighted by Gasteiger charge is -2.38. The molecule has 0 N–H and O–H groups in total. The normalized spacial score (nSPS) is 19.3. The van der Waals surface area contributed by atoms with Crippen LogP contribution in [0.15, 0.2) is 48.5 Å². The first-order valence-electron chi connectivity index (χ1n) is 10.2. The van der Waals surface area contributed by atoms with E-state index in [2.05, 4.69) is 9.64 Å². The number of rotatable bonds is 5. The summed E-state index contributed by atoms with van der Waals surface area (Å²) in [5.41, 5.74) is 1.70. The van der Waals surface area contributed by atoms with Gasteiger partial charge in [0, 0.05) is 44.0 Å². The summed E-state index contributed by atoms with van der Waals surface area (Å²) in [6.07, 6.45) is 0.106. The van der Waals surface area contributed by atoms with Gasteiger partial charge in [0.2, 0.25) is 5.91 Å². The molecule has 4 rings (SSSR count). The fraction of sp³-hybridized carbons (Fsp3) is 0.318. The van der Waals surface area contributed by atoms with E-state index in [1.165, 1.54) is 36.3 Å². The topological polar surface area (TPSA) is 113 Å². The number of anilines is 2. The Balaban J connectivity index is 1.40.